The minimum absolute atomic E-state index is 0.137. The average molecular weight is 745 g/mol. The molecule has 0 radical (unpaired) electrons. The van der Waals surface area contributed by atoms with Gasteiger partial charge in [-0.3, -0.25) is 0 Å². The van der Waals surface area contributed by atoms with Crippen LogP contribution >= 0.6 is 78.1 Å². The molecule has 0 N–H and O–H groups in total. The van der Waals surface area contributed by atoms with Crippen LogP contribution in [0.4, 0.5) is 0 Å². The van der Waals surface area contributed by atoms with Crippen LogP contribution < -0.4 is 0 Å². The molecule has 3 aliphatic heterocycles. The highest BCUT2D eigenvalue weighted by Gasteiger charge is 2.69. The number of rotatable bonds is 0. The van der Waals surface area contributed by atoms with Gasteiger partial charge in [0.05, 0.1) is 0 Å². The van der Waals surface area contributed by atoms with Gasteiger partial charge in [-0.25, -0.2) is 0 Å². The molecule has 3 heterocycles. The van der Waals surface area contributed by atoms with Gasteiger partial charge in [0, 0.05) is 4.48 Å². The Labute approximate surface area is 193 Å². The summed E-state index contributed by atoms with van der Waals surface area (Å²) < 4.78 is 17.4. The average Bonchev–Trinajstić information content (AvgIpc) is 3.15. The van der Waals surface area contributed by atoms with E-state index in [2.05, 4.69) is 76.7 Å². The van der Waals surface area contributed by atoms with Gasteiger partial charge in [-0.1, -0.05) is 115 Å². The number of fused-ring (bicyclic) bond motifs is 10. The molecule has 6 rings (SSSR count). The van der Waals surface area contributed by atoms with E-state index in [4.69, 9.17) is 0 Å². The zero-order valence-electron chi connectivity index (χ0n) is 14.1. The van der Waals surface area contributed by atoms with E-state index in [9.17, 15) is 0 Å². The highest BCUT2D eigenvalue weighted by molar-refractivity contribution is 14.2. The van der Waals surface area contributed by atoms with Crippen molar-refractivity contribution in [2.75, 3.05) is 0 Å². The fraction of sp³-hybridized carbons (Fsp3) is 0.409. The molecule has 8 unspecified atom stereocenters. The summed E-state index contributed by atoms with van der Waals surface area (Å²) in [6, 6.07) is 0. The lowest BCUT2D eigenvalue weighted by Crippen LogP contribution is -2.45. The normalized spacial score (nSPS) is 52.3. The zero-order valence-corrected chi connectivity index (χ0v) is 22.1. The first-order chi connectivity index (χ1) is 12.8. The Kier molecular flexibility index (Phi) is 4.63. The maximum Gasteiger partial charge on any atom is 0.0135 e. The van der Waals surface area contributed by atoms with Crippen LogP contribution in [0.25, 0.3) is 0 Å². The highest BCUT2D eigenvalue weighted by atomic mass is 127. The van der Waals surface area contributed by atoms with E-state index in [1.165, 1.54) is 4.48 Å². The SMILES string of the molecule is BrC1=CC2C(C=C1)C1C=CI=CC1C21C2C=IC=CC2C2C=CI=CC21. The van der Waals surface area contributed by atoms with Crippen molar-refractivity contribution < 1.29 is 0 Å². The van der Waals surface area contributed by atoms with Gasteiger partial charge in [0.2, 0.25) is 0 Å². The molecule has 4 heteroatoms. The molecule has 136 valence electrons. The van der Waals surface area contributed by atoms with Crippen LogP contribution in [-0.2, 0) is 0 Å². The second kappa shape index (κ2) is 6.76. The molecule has 3 aliphatic carbocycles. The summed E-state index contributed by atoms with van der Waals surface area (Å²) in [6.45, 7) is 0. The Morgan fingerprint density at radius 3 is 1.62 bits per heavy atom. The molecule has 8 atom stereocenters. The van der Waals surface area contributed by atoms with E-state index in [0.29, 0.717) is 17.3 Å². The Morgan fingerprint density at radius 2 is 1.12 bits per heavy atom. The summed E-state index contributed by atoms with van der Waals surface area (Å²) in [4.78, 5) is 0. The summed E-state index contributed by atoms with van der Waals surface area (Å²) in [6.07, 6.45) is 15.4. The second-order valence-corrected chi connectivity index (χ2v) is 15.4. The molecule has 0 saturated heterocycles. The summed E-state index contributed by atoms with van der Waals surface area (Å²) in [5.41, 5.74) is 0.438. The molecule has 0 aromatic carbocycles. The summed E-state index contributed by atoms with van der Waals surface area (Å²) in [5.74, 6) is 5.99. The second-order valence-electron chi connectivity index (χ2n) is 8.03. The molecule has 0 aromatic rings. The number of hydrogen-bond donors (Lipinski definition) is 0. The van der Waals surface area contributed by atoms with Crippen molar-refractivity contribution in [1.82, 2.24) is 0 Å². The molecule has 0 nitrogen and oxygen atoms in total. The van der Waals surface area contributed by atoms with Gasteiger partial charge >= 0.3 is 0 Å². The standard InChI is InChI=1S/C22H20BrI3/c23-13-1-2-14-15-3-6-24-10-19(15)22(18(14)9-13)20-11-25-7-4-16(20)17-5-8-26-12-21(17)22/h1-12,14-21H. The van der Waals surface area contributed by atoms with E-state index < -0.39 is 0 Å². The lowest BCUT2D eigenvalue weighted by atomic mass is 9.59. The monoisotopic (exact) mass is 744 g/mol. The van der Waals surface area contributed by atoms with Crippen LogP contribution in [0.1, 0.15) is 0 Å². The molecule has 0 aromatic heterocycles. The van der Waals surface area contributed by atoms with Crippen molar-refractivity contribution in [2.45, 2.75) is 0 Å². The molecular formula is C22H20BrI3. The quantitative estimate of drug-likeness (QED) is 0.243. The smallest absolute Gasteiger partial charge is 0.0135 e. The third-order valence-corrected chi connectivity index (χ3v) is 14.0. The van der Waals surface area contributed by atoms with E-state index >= 15 is 0 Å². The predicted octanol–water partition coefficient (Wildman–Crippen LogP) is 6.68. The van der Waals surface area contributed by atoms with Gasteiger partial charge < -0.3 is 0 Å². The summed E-state index contributed by atoms with van der Waals surface area (Å²) in [5, 5.41) is 0. The van der Waals surface area contributed by atoms with Crippen molar-refractivity contribution in [2.24, 2.45) is 52.8 Å². The molecule has 6 aliphatic rings. The van der Waals surface area contributed by atoms with Crippen molar-refractivity contribution in [3.63, 3.8) is 0 Å². The Balaban J connectivity index is 1.62. The van der Waals surface area contributed by atoms with Crippen LogP contribution in [0.5, 0.6) is 0 Å². The molecule has 2 fully saturated rings. The topological polar surface area (TPSA) is 0 Å². The van der Waals surface area contributed by atoms with Crippen LogP contribution in [0.3, 0.4) is 0 Å². The molecule has 2 saturated carbocycles. The fourth-order valence-corrected chi connectivity index (χ4v) is 14.6. The fourth-order valence-electron chi connectivity index (χ4n) is 6.62. The van der Waals surface area contributed by atoms with Gasteiger partial charge in [0.1, 0.15) is 0 Å². The van der Waals surface area contributed by atoms with Gasteiger partial charge in [-0.2, -0.15) is 0 Å². The lowest BCUT2D eigenvalue weighted by molar-refractivity contribution is 0.129. The van der Waals surface area contributed by atoms with Crippen molar-refractivity contribution in [3.05, 3.63) is 53.2 Å². The molecule has 0 bridgehead atoms. The van der Waals surface area contributed by atoms with Crippen molar-refractivity contribution >= 4 is 90.2 Å². The summed E-state index contributed by atoms with van der Waals surface area (Å²) in [7, 11) is 0. The third kappa shape index (κ3) is 2.30. The first-order valence-corrected chi connectivity index (χ1v) is 17.5. The van der Waals surface area contributed by atoms with E-state index in [1.807, 2.05) is 0 Å². The van der Waals surface area contributed by atoms with Crippen molar-refractivity contribution in [1.29, 1.82) is 0 Å². The highest BCUT2D eigenvalue weighted by Crippen LogP contribution is 2.72. The first kappa shape index (κ1) is 17.8. The Bertz CT molecular complexity index is 837. The first-order valence-electron chi connectivity index (χ1n) is 9.23. The Morgan fingerprint density at radius 1 is 0.654 bits per heavy atom. The molecule has 26 heavy (non-hydrogen) atoms. The van der Waals surface area contributed by atoms with Crippen LogP contribution in [0.2, 0.25) is 0 Å². The van der Waals surface area contributed by atoms with Gasteiger partial charge in [-0.15, -0.1) is 0 Å². The third-order valence-electron chi connectivity index (χ3n) is 7.40. The van der Waals surface area contributed by atoms with E-state index in [1.54, 1.807) is 0 Å². The minimum Gasteiger partial charge on any atom is -0.0982 e. The molecule has 0 amide bonds. The minimum atomic E-state index is 0.137. The summed E-state index contributed by atoms with van der Waals surface area (Å²) >= 11 is 4.26. The predicted molar refractivity (Wildman–Crippen MR) is 144 cm³/mol. The van der Waals surface area contributed by atoms with Gasteiger partial charge in [0.15, 0.2) is 0 Å². The van der Waals surface area contributed by atoms with Crippen LogP contribution in [0, 0.1) is 52.8 Å². The Hall–Kier alpha value is 0.980. The molecule has 1 spiro atoms. The van der Waals surface area contributed by atoms with Crippen molar-refractivity contribution in [3.8, 4) is 0 Å². The zero-order chi connectivity index (χ0) is 17.3. The van der Waals surface area contributed by atoms with Gasteiger partial charge in [0.25, 0.3) is 0 Å². The molecular weight excluding hydrogens is 725 g/mol. The maximum atomic E-state index is 3.85. The number of hydrogen-bond acceptors (Lipinski definition) is 0. The largest absolute Gasteiger partial charge is 0.0982 e. The van der Waals surface area contributed by atoms with Gasteiger partial charge in [-0.05, 0) is 77.0 Å². The number of allylic oxidation sites excluding steroid dienone is 7. The van der Waals surface area contributed by atoms with E-state index in [0.717, 1.165) is 35.5 Å². The van der Waals surface area contributed by atoms with E-state index in [-0.39, 0.29) is 62.2 Å². The van der Waals surface area contributed by atoms with Crippen LogP contribution in [-0.4, -0.2) is 12.0 Å². The maximum absolute atomic E-state index is 3.85. The van der Waals surface area contributed by atoms with Crippen LogP contribution in [0.15, 0.2) is 53.2 Å². The number of halogens is 4. The lowest BCUT2D eigenvalue weighted by Gasteiger charge is -2.45.